The highest BCUT2D eigenvalue weighted by Crippen LogP contribution is 2.21. The van der Waals surface area contributed by atoms with E-state index in [2.05, 4.69) is 55.5 Å². The Morgan fingerprint density at radius 2 is 2.07 bits per heavy atom. The van der Waals surface area contributed by atoms with Crippen LogP contribution >= 0.6 is 0 Å². The Labute approximate surface area is 166 Å². The zero-order valence-electron chi connectivity index (χ0n) is 15.6. The molecule has 0 amide bonds. The van der Waals surface area contributed by atoms with Crippen LogP contribution in [0.2, 0.25) is 0 Å². The summed E-state index contributed by atoms with van der Waals surface area (Å²) in [6.07, 6.45) is 4.16. The average molecular weight is 400 g/mol. The molecule has 28 heavy (non-hydrogen) atoms. The fourth-order valence-corrected chi connectivity index (χ4v) is 4.15. The van der Waals surface area contributed by atoms with Crippen molar-refractivity contribution in [2.45, 2.75) is 32.0 Å². The minimum atomic E-state index is -2.56. The number of piperidine rings is 1. The van der Waals surface area contributed by atoms with Crippen molar-refractivity contribution in [1.82, 2.24) is 19.8 Å². The molecule has 8 heteroatoms. The fraction of sp³-hybridized carbons (Fsp3) is 0.350. The van der Waals surface area contributed by atoms with Crippen molar-refractivity contribution < 1.29 is 8.42 Å². The van der Waals surface area contributed by atoms with E-state index in [0.29, 0.717) is 12.6 Å². The van der Waals surface area contributed by atoms with E-state index in [-0.39, 0.29) is 0 Å². The zero-order valence-corrected chi connectivity index (χ0v) is 16.5. The van der Waals surface area contributed by atoms with E-state index >= 15 is 0 Å². The first-order chi connectivity index (χ1) is 13.7. The maximum absolute atomic E-state index is 10.7. The van der Waals surface area contributed by atoms with Crippen LogP contribution in [0.25, 0.3) is 10.9 Å². The summed E-state index contributed by atoms with van der Waals surface area (Å²) in [5.74, 6) is 0. The Bertz CT molecular complexity index is 1010. The summed E-state index contributed by atoms with van der Waals surface area (Å²) in [4.78, 5) is 2.46. The van der Waals surface area contributed by atoms with Crippen molar-refractivity contribution in [3.05, 3.63) is 59.8 Å². The molecule has 0 saturated carbocycles. The molecule has 1 aliphatic heterocycles. The van der Waals surface area contributed by atoms with Crippen LogP contribution < -0.4 is 10.0 Å². The van der Waals surface area contributed by atoms with Crippen LogP contribution in [-0.4, -0.2) is 42.6 Å². The maximum Gasteiger partial charge on any atom is 0.201 e. The number of rotatable bonds is 7. The second-order valence-electron chi connectivity index (χ2n) is 7.30. The molecule has 0 bridgehead atoms. The number of thiol groups is 1. The quantitative estimate of drug-likeness (QED) is 0.458. The van der Waals surface area contributed by atoms with Gasteiger partial charge in [-0.1, -0.05) is 24.3 Å². The van der Waals surface area contributed by atoms with E-state index in [0.717, 1.165) is 54.6 Å². The monoisotopic (exact) mass is 399 g/mol. The summed E-state index contributed by atoms with van der Waals surface area (Å²) in [7, 11) is -2.56. The molecule has 0 spiro atoms. The van der Waals surface area contributed by atoms with Gasteiger partial charge in [0.2, 0.25) is 10.9 Å². The van der Waals surface area contributed by atoms with Gasteiger partial charge in [-0.15, -0.1) is 0 Å². The number of nitrogens with one attached hydrogen (secondary N) is 3. The Kier molecular flexibility index (Phi) is 5.90. The molecule has 4 rings (SSSR count). The fourth-order valence-electron chi connectivity index (χ4n) is 3.84. The molecular formula is C20H25N5O2S. The van der Waals surface area contributed by atoms with Crippen molar-refractivity contribution in [2.75, 3.05) is 18.4 Å². The van der Waals surface area contributed by atoms with Gasteiger partial charge >= 0.3 is 0 Å². The van der Waals surface area contributed by atoms with E-state index in [1.54, 1.807) is 0 Å². The molecule has 3 N–H and O–H groups in total. The van der Waals surface area contributed by atoms with Gasteiger partial charge in [0, 0.05) is 36.7 Å². The highest BCUT2D eigenvalue weighted by Gasteiger charge is 2.20. The minimum Gasteiger partial charge on any atom is -0.381 e. The molecule has 2 aromatic carbocycles. The zero-order chi connectivity index (χ0) is 19.3. The number of hydrogen-bond donors (Lipinski definition) is 4. The molecular weight excluding hydrogens is 374 g/mol. The number of fused-ring (bicyclic) bond motifs is 1. The first-order valence-corrected chi connectivity index (χ1v) is 10.7. The van der Waals surface area contributed by atoms with Crippen molar-refractivity contribution in [2.24, 2.45) is 0 Å². The van der Waals surface area contributed by atoms with Gasteiger partial charge in [-0.05, 0) is 48.7 Å². The largest absolute Gasteiger partial charge is 0.381 e. The van der Waals surface area contributed by atoms with Crippen LogP contribution in [0.4, 0.5) is 5.69 Å². The van der Waals surface area contributed by atoms with Crippen molar-refractivity contribution in [3.8, 4) is 0 Å². The van der Waals surface area contributed by atoms with Crippen LogP contribution in [-0.2, 0) is 24.0 Å². The van der Waals surface area contributed by atoms with Crippen LogP contribution in [0, 0.1) is 0 Å². The predicted octanol–water partition coefficient (Wildman–Crippen LogP) is 2.26. The lowest BCUT2D eigenvalue weighted by Crippen LogP contribution is -2.41. The van der Waals surface area contributed by atoms with Crippen LogP contribution in [0.1, 0.15) is 24.0 Å². The summed E-state index contributed by atoms with van der Waals surface area (Å²) in [5.41, 5.74) is 4.37. The maximum atomic E-state index is 10.7. The van der Waals surface area contributed by atoms with E-state index in [9.17, 15) is 8.42 Å². The third-order valence-corrected chi connectivity index (χ3v) is 5.54. The van der Waals surface area contributed by atoms with Gasteiger partial charge in [0.15, 0.2) is 0 Å². The molecule has 0 unspecified atom stereocenters. The standard InChI is InChI=1S/C20H25N5O2S/c26-28(27)22-11-15-3-1-4-16(9-15)13-25-8-2-5-19(14-25)23-18-6-7-20-17(10-18)12-21-24-20/h1,3-4,6-7,9-10,12,19,23,28H,2,5,8,11,13-14H2,(H,21,24)(H,22,26,27)/t19-/m0/s1. The number of H-pyrrole nitrogens is 1. The molecule has 2 heterocycles. The highest BCUT2D eigenvalue weighted by molar-refractivity contribution is 7.70. The number of likely N-dealkylation sites (tertiary alicyclic amines) is 1. The summed E-state index contributed by atoms with van der Waals surface area (Å²) < 4.78 is 23.9. The van der Waals surface area contributed by atoms with Crippen LogP contribution in [0.3, 0.4) is 0 Å². The molecule has 1 aliphatic rings. The molecule has 0 radical (unpaired) electrons. The van der Waals surface area contributed by atoms with E-state index in [4.69, 9.17) is 0 Å². The van der Waals surface area contributed by atoms with Gasteiger partial charge in [-0.25, -0.2) is 13.1 Å². The molecule has 0 aliphatic carbocycles. The molecule has 1 aromatic heterocycles. The topological polar surface area (TPSA) is 90.1 Å². The Morgan fingerprint density at radius 1 is 1.18 bits per heavy atom. The lowest BCUT2D eigenvalue weighted by molar-refractivity contribution is 0.208. The van der Waals surface area contributed by atoms with Gasteiger partial charge < -0.3 is 5.32 Å². The third kappa shape index (κ3) is 4.89. The number of anilines is 1. The van der Waals surface area contributed by atoms with Crippen molar-refractivity contribution in [1.29, 1.82) is 0 Å². The normalized spacial score (nSPS) is 18.0. The first-order valence-electron chi connectivity index (χ1n) is 9.53. The second kappa shape index (κ2) is 8.72. The second-order valence-corrected chi connectivity index (χ2v) is 8.13. The van der Waals surface area contributed by atoms with Gasteiger partial charge in [0.25, 0.3) is 0 Å². The average Bonchev–Trinajstić information content (AvgIpc) is 3.15. The molecule has 1 atom stereocenters. The van der Waals surface area contributed by atoms with Crippen molar-refractivity contribution >= 4 is 27.5 Å². The van der Waals surface area contributed by atoms with E-state index in [1.807, 2.05) is 18.3 Å². The smallest absolute Gasteiger partial charge is 0.201 e. The summed E-state index contributed by atoms with van der Waals surface area (Å²) in [6.45, 7) is 3.27. The predicted molar refractivity (Wildman–Crippen MR) is 112 cm³/mol. The first kappa shape index (κ1) is 18.9. The molecule has 1 saturated heterocycles. The Morgan fingerprint density at radius 3 is 2.96 bits per heavy atom. The number of benzene rings is 2. The summed E-state index contributed by atoms with van der Waals surface area (Å²) >= 11 is 0. The summed E-state index contributed by atoms with van der Waals surface area (Å²) in [6, 6.07) is 14.8. The Hall–Kier alpha value is -2.42. The Balaban J connectivity index is 1.36. The number of hydrogen-bond acceptors (Lipinski definition) is 5. The third-order valence-electron chi connectivity index (χ3n) is 5.13. The molecule has 7 nitrogen and oxygen atoms in total. The van der Waals surface area contributed by atoms with Crippen LogP contribution in [0.5, 0.6) is 0 Å². The van der Waals surface area contributed by atoms with Gasteiger partial charge in [-0.2, -0.15) is 5.10 Å². The minimum absolute atomic E-state index is 0.340. The molecule has 148 valence electrons. The SMILES string of the molecule is O=[SH](=O)NCc1cccc(CN2CCC[C@H](Nc3ccc4[nH]ncc4c3)C2)c1. The van der Waals surface area contributed by atoms with Crippen molar-refractivity contribution in [3.63, 3.8) is 0 Å². The van der Waals surface area contributed by atoms with Crippen LogP contribution in [0.15, 0.2) is 48.7 Å². The lowest BCUT2D eigenvalue weighted by Gasteiger charge is -2.33. The highest BCUT2D eigenvalue weighted by atomic mass is 32.2. The molecule has 1 fully saturated rings. The van der Waals surface area contributed by atoms with Gasteiger partial charge in [0.05, 0.1) is 11.7 Å². The number of aromatic amines is 1. The number of nitrogens with zero attached hydrogens (tertiary/aromatic N) is 2. The number of aromatic nitrogens is 2. The lowest BCUT2D eigenvalue weighted by atomic mass is 10.0. The van der Waals surface area contributed by atoms with Gasteiger partial charge in [-0.3, -0.25) is 10.00 Å². The van der Waals surface area contributed by atoms with Gasteiger partial charge in [0.1, 0.15) is 0 Å². The van der Waals surface area contributed by atoms with E-state index in [1.165, 1.54) is 5.56 Å². The molecule has 3 aromatic rings. The summed E-state index contributed by atoms with van der Waals surface area (Å²) in [5, 5.41) is 11.8. The van der Waals surface area contributed by atoms with E-state index < -0.39 is 10.9 Å².